The van der Waals surface area contributed by atoms with E-state index < -0.39 is 0 Å². The summed E-state index contributed by atoms with van der Waals surface area (Å²) in [5.41, 5.74) is 0.445. The van der Waals surface area contributed by atoms with Crippen molar-refractivity contribution < 1.29 is 9.84 Å². The van der Waals surface area contributed by atoms with Crippen molar-refractivity contribution in [2.24, 2.45) is 17.3 Å². The van der Waals surface area contributed by atoms with E-state index in [0.29, 0.717) is 5.41 Å². The van der Waals surface area contributed by atoms with Crippen LogP contribution in [-0.4, -0.2) is 24.4 Å². The zero-order valence-electron chi connectivity index (χ0n) is 9.33. The molecule has 0 unspecified atom stereocenters. The molecule has 0 aromatic heterocycles. The van der Waals surface area contributed by atoms with Gasteiger partial charge in [-0.15, -0.1) is 0 Å². The quantitative estimate of drug-likeness (QED) is 0.737. The summed E-state index contributed by atoms with van der Waals surface area (Å²) >= 11 is 0. The monoisotopic (exact) mass is 198 g/mol. The second-order valence-corrected chi connectivity index (χ2v) is 5.39. The normalized spacial score (nSPS) is 36.9. The molecule has 0 spiro atoms. The predicted octanol–water partition coefficient (Wildman–Crippen LogP) is 2.21. The van der Waals surface area contributed by atoms with Gasteiger partial charge in [0.05, 0.1) is 19.3 Å². The number of hydrogen-bond donors (Lipinski definition) is 1. The molecule has 1 N–H and O–H groups in total. The Morgan fingerprint density at radius 3 is 2.07 bits per heavy atom. The first-order valence-electron chi connectivity index (χ1n) is 5.91. The maximum Gasteiger partial charge on any atom is 0.0549 e. The van der Waals surface area contributed by atoms with Crippen LogP contribution in [0.5, 0.6) is 0 Å². The molecule has 1 aliphatic carbocycles. The van der Waals surface area contributed by atoms with Crippen LogP contribution in [0, 0.1) is 17.3 Å². The lowest BCUT2D eigenvalue weighted by Crippen LogP contribution is -2.53. The molecule has 0 atom stereocenters. The summed E-state index contributed by atoms with van der Waals surface area (Å²) in [7, 11) is 0. The summed E-state index contributed by atoms with van der Waals surface area (Å²) in [5.74, 6) is 1.51. The van der Waals surface area contributed by atoms with Gasteiger partial charge in [0.25, 0.3) is 0 Å². The van der Waals surface area contributed by atoms with Crippen molar-refractivity contribution in [1.82, 2.24) is 0 Å². The summed E-state index contributed by atoms with van der Waals surface area (Å²) in [6.07, 6.45) is 4.36. The molecule has 0 radical (unpaired) electrons. The van der Waals surface area contributed by atoms with Crippen molar-refractivity contribution in [1.29, 1.82) is 0 Å². The number of rotatable bonds is 2. The van der Waals surface area contributed by atoms with Gasteiger partial charge >= 0.3 is 0 Å². The molecule has 0 aromatic carbocycles. The lowest BCUT2D eigenvalue weighted by Gasteiger charge is -2.52. The maximum atomic E-state index is 9.49. The molecule has 2 aliphatic rings. The maximum absolute atomic E-state index is 9.49. The van der Waals surface area contributed by atoms with Crippen LogP contribution in [0.3, 0.4) is 0 Å². The smallest absolute Gasteiger partial charge is 0.0549 e. The molecule has 1 heterocycles. The summed E-state index contributed by atoms with van der Waals surface area (Å²) in [4.78, 5) is 0. The molecule has 2 fully saturated rings. The minimum Gasteiger partial charge on any atom is -0.393 e. The topological polar surface area (TPSA) is 29.5 Å². The second-order valence-electron chi connectivity index (χ2n) is 5.39. The van der Waals surface area contributed by atoms with Gasteiger partial charge in [0.2, 0.25) is 0 Å². The van der Waals surface area contributed by atoms with Crippen molar-refractivity contribution in [3.63, 3.8) is 0 Å². The highest BCUT2D eigenvalue weighted by molar-refractivity contribution is 4.95. The highest BCUT2D eigenvalue weighted by Crippen LogP contribution is 2.48. The zero-order valence-corrected chi connectivity index (χ0v) is 9.33. The van der Waals surface area contributed by atoms with E-state index in [-0.39, 0.29) is 6.10 Å². The molecular formula is C12H22O2. The minimum absolute atomic E-state index is 0.0311. The first kappa shape index (κ1) is 10.4. The molecule has 2 nitrogen and oxygen atoms in total. The average molecular weight is 198 g/mol. The van der Waals surface area contributed by atoms with Crippen LogP contribution >= 0.6 is 0 Å². The third-order valence-electron chi connectivity index (χ3n) is 4.40. The first-order valence-corrected chi connectivity index (χ1v) is 5.91. The minimum atomic E-state index is -0.0311. The van der Waals surface area contributed by atoms with Crippen molar-refractivity contribution >= 4 is 0 Å². The van der Waals surface area contributed by atoms with E-state index in [1.807, 2.05) is 0 Å². The standard InChI is InChI=1S/C12H22O2/c1-9(2)12(7-14-8-12)10-3-5-11(13)6-4-10/h9-11,13H,3-8H2,1-2H3. The fraction of sp³-hybridized carbons (Fsp3) is 1.00. The number of aliphatic hydroxyl groups excluding tert-OH is 1. The third-order valence-corrected chi connectivity index (χ3v) is 4.40. The molecule has 0 amide bonds. The van der Waals surface area contributed by atoms with Crippen LogP contribution in [0.4, 0.5) is 0 Å². The molecule has 0 aromatic rings. The molecule has 2 rings (SSSR count). The fourth-order valence-corrected chi connectivity index (χ4v) is 3.03. The van der Waals surface area contributed by atoms with Crippen LogP contribution < -0.4 is 0 Å². The summed E-state index contributed by atoms with van der Waals surface area (Å²) < 4.78 is 5.42. The Morgan fingerprint density at radius 2 is 1.71 bits per heavy atom. The van der Waals surface area contributed by atoms with Crippen LogP contribution in [-0.2, 0) is 4.74 Å². The first-order chi connectivity index (χ1) is 6.65. The van der Waals surface area contributed by atoms with Crippen LogP contribution in [0.1, 0.15) is 39.5 Å². The Bertz CT molecular complexity index is 188. The van der Waals surface area contributed by atoms with E-state index in [9.17, 15) is 5.11 Å². The van der Waals surface area contributed by atoms with Gasteiger partial charge in [-0.05, 0) is 37.5 Å². The lowest BCUT2D eigenvalue weighted by atomic mass is 9.61. The van der Waals surface area contributed by atoms with Gasteiger partial charge in [0.1, 0.15) is 0 Å². The molecule has 14 heavy (non-hydrogen) atoms. The average Bonchev–Trinajstić information content (AvgIpc) is 2.05. The van der Waals surface area contributed by atoms with Gasteiger partial charge < -0.3 is 9.84 Å². The number of ether oxygens (including phenoxy) is 1. The lowest BCUT2D eigenvalue weighted by molar-refractivity contribution is -0.181. The van der Waals surface area contributed by atoms with E-state index in [0.717, 1.165) is 37.9 Å². The molecule has 1 aliphatic heterocycles. The molecule has 1 saturated carbocycles. The van der Waals surface area contributed by atoms with Gasteiger partial charge in [0, 0.05) is 5.41 Å². The largest absolute Gasteiger partial charge is 0.393 e. The molecule has 82 valence electrons. The summed E-state index contributed by atoms with van der Waals surface area (Å²) in [6, 6.07) is 0. The fourth-order valence-electron chi connectivity index (χ4n) is 3.03. The van der Waals surface area contributed by atoms with Gasteiger partial charge in [-0.25, -0.2) is 0 Å². The highest BCUT2D eigenvalue weighted by Gasteiger charge is 2.48. The molecule has 1 saturated heterocycles. The van der Waals surface area contributed by atoms with Crippen LogP contribution in [0.2, 0.25) is 0 Å². The Kier molecular flexibility index (Phi) is 2.85. The van der Waals surface area contributed by atoms with Crippen molar-refractivity contribution in [2.75, 3.05) is 13.2 Å². The SMILES string of the molecule is CC(C)C1(C2CCC(O)CC2)COC1. The molecular weight excluding hydrogens is 176 g/mol. The van der Waals surface area contributed by atoms with Crippen LogP contribution in [0.15, 0.2) is 0 Å². The van der Waals surface area contributed by atoms with Crippen molar-refractivity contribution in [3.8, 4) is 0 Å². The Labute approximate surface area is 86.6 Å². The van der Waals surface area contributed by atoms with Crippen molar-refractivity contribution in [3.05, 3.63) is 0 Å². The van der Waals surface area contributed by atoms with E-state index in [2.05, 4.69) is 13.8 Å². The van der Waals surface area contributed by atoms with Gasteiger partial charge in [-0.1, -0.05) is 13.8 Å². The summed E-state index contributed by atoms with van der Waals surface area (Å²) in [5, 5.41) is 9.49. The zero-order chi connectivity index (χ0) is 10.2. The van der Waals surface area contributed by atoms with Gasteiger partial charge in [-0.3, -0.25) is 0 Å². The second kappa shape index (κ2) is 3.82. The van der Waals surface area contributed by atoms with Crippen LogP contribution in [0.25, 0.3) is 0 Å². The van der Waals surface area contributed by atoms with E-state index in [4.69, 9.17) is 4.74 Å². The summed E-state index contributed by atoms with van der Waals surface area (Å²) in [6.45, 7) is 6.53. The third kappa shape index (κ3) is 1.59. The number of hydrogen-bond acceptors (Lipinski definition) is 2. The van der Waals surface area contributed by atoms with Crippen molar-refractivity contribution in [2.45, 2.75) is 45.6 Å². The van der Waals surface area contributed by atoms with E-state index in [1.54, 1.807) is 0 Å². The molecule has 0 bridgehead atoms. The molecule has 2 heteroatoms. The Balaban J connectivity index is 1.99. The van der Waals surface area contributed by atoms with E-state index in [1.165, 1.54) is 12.8 Å². The Morgan fingerprint density at radius 1 is 1.14 bits per heavy atom. The Hall–Kier alpha value is -0.0800. The number of aliphatic hydroxyl groups is 1. The van der Waals surface area contributed by atoms with Gasteiger partial charge in [0.15, 0.2) is 0 Å². The predicted molar refractivity (Wildman–Crippen MR) is 56.1 cm³/mol. The highest BCUT2D eigenvalue weighted by atomic mass is 16.5. The van der Waals surface area contributed by atoms with E-state index >= 15 is 0 Å². The van der Waals surface area contributed by atoms with Gasteiger partial charge in [-0.2, -0.15) is 0 Å².